The zero-order valence-corrected chi connectivity index (χ0v) is 22.0. The molecule has 7 nitrogen and oxygen atoms in total. The number of carbonyl (C=O) groups is 2. The molecule has 192 valence electrons. The van der Waals surface area contributed by atoms with E-state index in [2.05, 4.69) is 19.9 Å². The van der Waals surface area contributed by atoms with Gasteiger partial charge in [-0.25, -0.2) is 9.79 Å². The van der Waals surface area contributed by atoms with E-state index in [0.717, 1.165) is 44.9 Å². The molecule has 1 saturated carbocycles. The third-order valence-corrected chi connectivity index (χ3v) is 6.70. The third kappa shape index (κ3) is 8.02. The minimum atomic E-state index is -0.790. The van der Waals surface area contributed by atoms with Crippen molar-refractivity contribution < 1.29 is 19.2 Å². The van der Waals surface area contributed by atoms with Gasteiger partial charge in [0.1, 0.15) is 11.6 Å². The van der Waals surface area contributed by atoms with Gasteiger partial charge in [0.05, 0.1) is 12.6 Å². The van der Waals surface area contributed by atoms with E-state index in [1.165, 1.54) is 29.9 Å². The Morgan fingerprint density at radius 3 is 2.50 bits per heavy atom. The Hall–Kier alpha value is -2.05. The highest BCUT2D eigenvalue weighted by Crippen LogP contribution is 2.27. The van der Waals surface area contributed by atoms with Gasteiger partial charge in [0.25, 0.3) is 0 Å². The molecule has 3 rings (SSSR count). The van der Waals surface area contributed by atoms with Crippen molar-refractivity contribution >= 4 is 17.9 Å². The first-order chi connectivity index (χ1) is 16.1. The Bertz CT molecular complexity index is 762. The van der Waals surface area contributed by atoms with E-state index in [-0.39, 0.29) is 17.7 Å². The molecule has 0 amide bonds. The summed E-state index contributed by atoms with van der Waals surface area (Å²) in [5.74, 6) is 0.963. The molecule has 0 bridgehead atoms. The highest BCUT2D eigenvalue weighted by Gasteiger charge is 2.42. The van der Waals surface area contributed by atoms with Gasteiger partial charge in [-0.3, -0.25) is 4.79 Å². The van der Waals surface area contributed by atoms with Crippen LogP contribution in [-0.4, -0.2) is 58.6 Å². The summed E-state index contributed by atoms with van der Waals surface area (Å²) >= 11 is 0. The first-order valence-corrected chi connectivity index (χ1v) is 13.4. The minimum absolute atomic E-state index is 0.0671. The van der Waals surface area contributed by atoms with Crippen LogP contribution in [0.15, 0.2) is 16.6 Å². The average Bonchev–Trinajstić information content (AvgIpc) is 2.77. The lowest BCUT2D eigenvalue weighted by Gasteiger charge is -2.42. The SMILES string of the molecule is CC(C)C[C@H]1C(=O)CN(CCC2=CCCCC2)C(=NC2CCCCC2)N1OC(=O)OC(C)(C)C. The minimum Gasteiger partial charge on any atom is -0.427 e. The monoisotopic (exact) mass is 475 g/mol. The summed E-state index contributed by atoms with van der Waals surface area (Å²) in [6.07, 6.45) is 13.5. The summed E-state index contributed by atoms with van der Waals surface area (Å²) in [6, 6.07) is -0.349. The van der Waals surface area contributed by atoms with E-state index in [0.29, 0.717) is 25.5 Å². The topological polar surface area (TPSA) is 71.4 Å². The number of rotatable bonds is 7. The molecular formula is C27H45N3O4. The standard InChI is InChI=1S/C27H45N3O4/c1-20(2)18-23-24(31)19-29(17-16-21-12-8-6-9-13-21)25(28-22-14-10-7-11-15-22)30(23)34-26(32)33-27(3,4)5/h12,20,22-23H,6-11,13-19H2,1-5H3/t23-/m0/s1. The molecular weight excluding hydrogens is 430 g/mol. The number of guanidine groups is 1. The second kappa shape index (κ2) is 12.1. The van der Waals surface area contributed by atoms with Crippen LogP contribution in [0.2, 0.25) is 0 Å². The number of nitrogens with zero attached hydrogens (tertiary/aromatic N) is 3. The van der Waals surface area contributed by atoms with E-state index in [1.54, 1.807) is 0 Å². The number of hydrogen-bond acceptors (Lipinski definition) is 5. The van der Waals surface area contributed by atoms with Gasteiger partial charge in [0.2, 0.25) is 5.96 Å². The second-order valence-corrected chi connectivity index (χ2v) is 11.5. The summed E-state index contributed by atoms with van der Waals surface area (Å²) < 4.78 is 5.46. The van der Waals surface area contributed by atoms with Crippen molar-refractivity contribution in [3.05, 3.63) is 11.6 Å². The van der Waals surface area contributed by atoms with Gasteiger partial charge < -0.3 is 14.5 Å². The molecule has 1 aliphatic heterocycles. The molecule has 0 aromatic rings. The highest BCUT2D eigenvalue weighted by molar-refractivity contribution is 5.97. The van der Waals surface area contributed by atoms with E-state index in [1.807, 2.05) is 25.7 Å². The molecule has 0 spiro atoms. The van der Waals surface area contributed by atoms with Gasteiger partial charge in [-0.15, -0.1) is 0 Å². The van der Waals surface area contributed by atoms with Crippen molar-refractivity contribution in [2.75, 3.05) is 13.1 Å². The Labute approximate surface area is 205 Å². The molecule has 1 saturated heterocycles. The summed E-state index contributed by atoms with van der Waals surface area (Å²) in [5, 5.41) is 1.49. The predicted octanol–water partition coefficient (Wildman–Crippen LogP) is 6.03. The normalized spacial score (nSPS) is 23.9. The summed E-state index contributed by atoms with van der Waals surface area (Å²) in [5.41, 5.74) is 0.776. The molecule has 0 aromatic carbocycles. The van der Waals surface area contributed by atoms with Gasteiger partial charge in [-0.2, -0.15) is 5.06 Å². The number of hydroxylamine groups is 2. The van der Waals surface area contributed by atoms with Crippen molar-refractivity contribution in [2.45, 2.75) is 123 Å². The summed E-state index contributed by atoms with van der Waals surface area (Å²) in [4.78, 5) is 39.0. The van der Waals surface area contributed by atoms with E-state index in [4.69, 9.17) is 14.6 Å². The molecule has 0 unspecified atom stereocenters. The quantitative estimate of drug-likeness (QED) is 0.330. The maximum atomic E-state index is 13.3. The van der Waals surface area contributed by atoms with Crippen LogP contribution in [0.4, 0.5) is 4.79 Å². The van der Waals surface area contributed by atoms with Crippen molar-refractivity contribution in [3.63, 3.8) is 0 Å². The lowest BCUT2D eigenvalue weighted by Crippen LogP contribution is -2.61. The van der Waals surface area contributed by atoms with Crippen molar-refractivity contribution in [1.29, 1.82) is 0 Å². The summed E-state index contributed by atoms with van der Waals surface area (Å²) in [6.45, 7) is 10.6. The molecule has 3 aliphatic rings. The number of ether oxygens (including phenoxy) is 1. The molecule has 2 aliphatic carbocycles. The molecule has 0 aromatic heterocycles. The Kier molecular flexibility index (Phi) is 9.43. The first-order valence-electron chi connectivity index (χ1n) is 13.4. The largest absolute Gasteiger partial charge is 0.534 e. The smallest absolute Gasteiger partial charge is 0.427 e. The molecule has 1 atom stereocenters. The van der Waals surface area contributed by atoms with Gasteiger partial charge in [-0.1, -0.05) is 44.8 Å². The van der Waals surface area contributed by atoms with Crippen LogP contribution in [-0.2, 0) is 14.4 Å². The lowest BCUT2D eigenvalue weighted by molar-refractivity contribution is -0.156. The molecule has 34 heavy (non-hydrogen) atoms. The fourth-order valence-electron chi connectivity index (χ4n) is 5.00. The third-order valence-electron chi connectivity index (χ3n) is 6.70. The van der Waals surface area contributed by atoms with Crippen LogP contribution < -0.4 is 0 Å². The molecule has 7 heteroatoms. The second-order valence-electron chi connectivity index (χ2n) is 11.5. The zero-order chi connectivity index (χ0) is 24.7. The zero-order valence-electron chi connectivity index (χ0n) is 22.0. The van der Waals surface area contributed by atoms with Crippen LogP contribution >= 0.6 is 0 Å². The number of Topliss-reactive ketones (excluding diaryl/α,β-unsaturated/α-hetero) is 1. The number of hydrogen-bond donors (Lipinski definition) is 0. The average molecular weight is 476 g/mol. The van der Waals surface area contributed by atoms with E-state index >= 15 is 0 Å². The molecule has 1 heterocycles. The Morgan fingerprint density at radius 1 is 1.15 bits per heavy atom. The van der Waals surface area contributed by atoms with Crippen LogP contribution in [0.1, 0.15) is 105 Å². The van der Waals surface area contributed by atoms with E-state index < -0.39 is 17.8 Å². The van der Waals surface area contributed by atoms with Crippen molar-refractivity contribution in [2.24, 2.45) is 10.9 Å². The highest BCUT2D eigenvalue weighted by atomic mass is 16.8. The lowest BCUT2D eigenvalue weighted by atomic mass is 9.95. The van der Waals surface area contributed by atoms with Crippen LogP contribution in [0, 0.1) is 5.92 Å². The van der Waals surface area contributed by atoms with Crippen LogP contribution in [0.25, 0.3) is 0 Å². The van der Waals surface area contributed by atoms with Crippen molar-refractivity contribution in [3.8, 4) is 0 Å². The Morgan fingerprint density at radius 2 is 1.88 bits per heavy atom. The van der Waals surface area contributed by atoms with Gasteiger partial charge in [0.15, 0.2) is 5.78 Å². The fraction of sp³-hybridized carbons (Fsp3) is 0.815. The fourth-order valence-corrected chi connectivity index (χ4v) is 5.00. The van der Waals surface area contributed by atoms with Crippen LogP contribution in [0.3, 0.4) is 0 Å². The predicted molar refractivity (Wildman–Crippen MR) is 134 cm³/mol. The number of ketones is 1. The maximum Gasteiger partial charge on any atom is 0.534 e. The molecule has 2 fully saturated rings. The Balaban J connectivity index is 1.89. The van der Waals surface area contributed by atoms with Gasteiger partial charge in [-0.05, 0) is 78.1 Å². The first kappa shape index (κ1) is 26.6. The molecule has 0 radical (unpaired) electrons. The number of allylic oxidation sites excluding steroid dienone is 1. The maximum absolute atomic E-state index is 13.3. The van der Waals surface area contributed by atoms with Gasteiger partial charge >= 0.3 is 6.16 Å². The van der Waals surface area contributed by atoms with Gasteiger partial charge in [0, 0.05) is 6.54 Å². The molecule has 0 N–H and O–H groups in total. The number of aliphatic imine (C=N–C) groups is 1. The van der Waals surface area contributed by atoms with Crippen LogP contribution in [0.5, 0.6) is 0 Å². The van der Waals surface area contributed by atoms with Crippen molar-refractivity contribution in [1.82, 2.24) is 9.96 Å². The number of carbonyl (C=O) groups excluding carboxylic acids is 2. The summed E-state index contributed by atoms with van der Waals surface area (Å²) in [7, 11) is 0. The van der Waals surface area contributed by atoms with E-state index in [9.17, 15) is 9.59 Å².